The van der Waals surface area contributed by atoms with E-state index in [0.717, 1.165) is 12.8 Å². The van der Waals surface area contributed by atoms with Crippen molar-refractivity contribution in [3.8, 4) is 0 Å². The van der Waals surface area contributed by atoms with Crippen LogP contribution in [0.5, 0.6) is 0 Å². The summed E-state index contributed by atoms with van der Waals surface area (Å²) < 4.78 is 11.0. The number of ether oxygens (including phenoxy) is 2. The Morgan fingerprint density at radius 1 is 1.36 bits per heavy atom. The van der Waals surface area contributed by atoms with E-state index in [0.29, 0.717) is 39.5 Å². The van der Waals surface area contributed by atoms with Crippen LogP contribution in [0.2, 0.25) is 0 Å². The Bertz CT molecular complexity index is 344. The quantitative estimate of drug-likeness (QED) is 0.754. The van der Waals surface area contributed by atoms with Crippen molar-refractivity contribution >= 4 is 6.03 Å². The van der Waals surface area contributed by atoms with Crippen molar-refractivity contribution in [1.29, 1.82) is 0 Å². The summed E-state index contributed by atoms with van der Waals surface area (Å²) in [6, 6.07) is -0.0288. The zero-order valence-electron chi connectivity index (χ0n) is 13.8. The van der Waals surface area contributed by atoms with Gasteiger partial charge in [0, 0.05) is 25.2 Å². The predicted molar refractivity (Wildman–Crippen MR) is 85.8 cm³/mol. The SMILES string of the molecule is CCOCC1CN(C(=O)NCC2(N)CCCCCC2)CCO1. The first-order chi connectivity index (χ1) is 10.6. The van der Waals surface area contributed by atoms with E-state index < -0.39 is 0 Å². The summed E-state index contributed by atoms with van der Waals surface area (Å²) in [5, 5.41) is 3.03. The van der Waals surface area contributed by atoms with E-state index in [1.165, 1.54) is 25.7 Å². The molecule has 0 aromatic heterocycles. The van der Waals surface area contributed by atoms with Crippen LogP contribution in [-0.2, 0) is 9.47 Å². The Morgan fingerprint density at radius 2 is 2.09 bits per heavy atom. The number of hydrogen-bond donors (Lipinski definition) is 2. The minimum atomic E-state index is -0.233. The van der Waals surface area contributed by atoms with Crippen molar-refractivity contribution in [2.75, 3.05) is 39.5 Å². The fourth-order valence-corrected chi connectivity index (χ4v) is 3.23. The van der Waals surface area contributed by atoms with Crippen LogP contribution in [0.3, 0.4) is 0 Å². The Labute approximate surface area is 133 Å². The molecule has 1 aliphatic heterocycles. The van der Waals surface area contributed by atoms with Gasteiger partial charge in [-0.25, -0.2) is 4.79 Å². The Kier molecular flexibility index (Phi) is 6.92. The molecule has 2 fully saturated rings. The molecule has 3 N–H and O–H groups in total. The van der Waals surface area contributed by atoms with Gasteiger partial charge in [0.05, 0.1) is 25.9 Å². The maximum absolute atomic E-state index is 12.4. The predicted octanol–water partition coefficient (Wildman–Crippen LogP) is 1.48. The van der Waals surface area contributed by atoms with Crippen molar-refractivity contribution in [2.24, 2.45) is 5.73 Å². The van der Waals surface area contributed by atoms with Crippen LogP contribution >= 0.6 is 0 Å². The lowest BCUT2D eigenvalue weighted by atomic mass is 9.91. The zero-order valence-corrected chi connectivity index (χ0v) is 13.8. The number of amides is 2. The molecular formula is C16H31N3O3. The van der Waals surface area contributed by atoms with Gasteiger partial charge in [0.1, 0.15) is 0 Å². The second-order valence-electron chi connectivity index (χ2n) is 6.53. The van der Waals surface area contributed by atoms with Gasteiger partial charge in [-0.05, 0) is 19.8 Å². The Hall–Kier alpha value is -0.850. The summed E-state index contributed by atoms with van der Waals surface area (Å²) in [7, 11) is 0. The van der Waals surface area contributed by atoms with E-state index >= 15 is 0 Å². The van der Waals surface area contributed by atoms with Gasteiger partial charge < -0.3 is 25.4 Å². The van der Waals surface area contributed by atoms with E-state index in [4.69, 9.17) is 15.2 Å². The third-order valence-corrected chi connectivity index (χ3v) is 4.62. The fourth-order valence-electron chi connectivity index (χ4n) is 3.23. The van der Waals surface area contributed by atoms with Gasteiger partial charge >= 0.3 is 6.03 Å². The number of hydrogen-bond acceptors (Lipinski definition) is 4. The van der Waals surface area contributed by atoms with E-state index in [-0.39, 0.29) is 17.7 Å². The standard InChI is InChI=1S/C16H31N3O3/c1-2-21-12-14-11-19(9-10-22-14)15(20)18-13-16(17)7-5-3-4-6-8-16/h14H,2-13,17H2,1H3,(H,18,20). The van der Waals surface area contributed by atoms with Gasteiger partial charge in [0.2, 0.25) is 0 Å². The number of morpholine rings is 1. The summed E-state index contributed by atoms with van der Waals surface area (Å²) in [6.45, 7) is 5.53. The maximum Gasteiger partial charge on any atom is 0.317 e. The zero-order chi connectivity index (χ0) is 15.8. The number of nitrogens with two attached hydrogens (primary N) is 1. The Morgan fingerprint density at radius 3 is 2.77 bits per heavy atom. The van der Waals surface area contributed by atoms with Crippen molar-refractivity contribution in [2.45, 2.75) is 57.1 Å². The fraction of sp³-hybridized carbons (Fsp3) is 0.938. The first kappa shape index (κ1) is 17.5. The molecule has 0 aromatic rings. The molecule has 0 radical (unpaired) electrons. The minimum absolute atomic E-state index is 0.0239. The second-order valence-corrected chi connectivity index (χ2v) is 6.53. The number of carbonyl (C=O) groups is 1. The van der Waals surface area contributed by atoms with Gasteiger partial charge in [-0.2, -0.15) is 0 Å². The summed E-state index contributed by atoms with van der Waals surface area (Å²) >= 11 is 0. The monoisotopic (exact) mass is 313 g/mol. The van der Waals surface area contributed by atoms with Crippen molar-refractivity contribution in [1.82, 2.24) is 10.2 Å². The second kappa shape index (κ2) is 8.70. The molecule has 1 saturated heterocycles. The van der Waals surface area contributed by atoms with E-state index in [1.54, 1.807) is 0 Å². The Balaban J connectivity index is 1.76. The van der Waals surface area contributed by atoms with Gasteiger partial charge in [-0.3, -0.25) is 0 Å². The molecule has 2 aliphatic rings. The molecule has 1 aliphatic carbocycles. The van der Waals surface area contributed by atoms with E-state index in [9.17, 15) is 4.79 Å². The smallest absolute Gasteiger partial charge is 0.317 e. The van der Waals surface area contributed by atoms with Crippen LogP contribution in [0.1, 0.15) is 45.4 Å². The number of nitrogens with one attached hydrogen (secondary N) is 1. The van der Waals surface area contributed by atoms with Crippen LogP contribution in [0.15, 0.2) is 0 Å². The molecule has 128 valence electrons. The highest BCUT2D eigenvalue weighted by Gasteiger charge is 2.29. The van der Waals surface area contributed by atoms with Gasteiger partial charge in [-0.1, -0.05) is 25.7 Å². The molecular weight excluding hydrogens is 282 g/mol. The van der Waals surface area contributed by atoms with Crippen LogP contribution in [0.25, 0.3) is 0 Å². The molecule has 0 aromatic carbocycles. The molecule has 1 unspecified atom stereocenters. The topological polar surface area (TPSA) is 76.8 Å². The summed E-state index contributed by atoms with van der Waals surface area (Å²) in [5.41, 5.74) is 6.22. The molecule has 1 saturated carbocycles. The molecule has 0 spiro atoms. The highest BCUT2D eigenvalue weighted by Crippen LogP contribution is 2.24. The lowest BCUT2D eigenvalue weighted by Gasteiger charge is -2.34. The number of nitrogens with zero attached hydrogens (tertiary/aromatic N) is 1. The van der Waals surface area contributed by atoms with E-state index in [2.05, 4.69) is 5.32 Å². The molecule has 1 heterocycles. The molecule has 6 heteroatoms. The minimum Gasteiger partial charge on any atom is -0.379 e. The lowest BCUT2D eigenvalue weighted by molar-refractivity contribution is -0.0567. The molecule has 1 atom stereocenters. The molecule has 0 bridgehead atoms. The number of rotatable bonds is 5. The van der Waals surface area contributed by atoms with Crippen LogP contribution in [0.4, 0.5) is 4.79 Å². The normalized spacial score (nSPS) is 25.5. The third-order valence-electron chi connectivity index (χ3n) is 4.62. The molecule has 2 rings (SSSR count). The van der Waals surface area contributed by atoms with Crippen molar-refractivity contribution < 1.29 is 14.3 Å². The van der Waals surface area contributed by atoms with Crippen LogP contribution < -0.4 is 11.1 Å². The summed E-state index contributed by atoms with van der Waals surface area (Å²) in [5.74, 6) is 0. The largest absolute Gasteiger partial charge is 0.379 e. The average Bonchev–Trinajstić information content (AvgIpc) is 2.76. The summed E-state index contributed by atoms with van der Waals surface area (Å²) in [6.07, 6.45) is 6.84. The average molecular weight is 313 g/mol. The number of carbonyl (C=O) groups excluding carboxylic acids is 1. The first-order valence-corrected chi connectivity index (χ1v) is 8.64. The molecule has 2 amide bonds. The number of urea groups is 1. The third kappa shape index (κ3) is 5.41. The van der Waals surface area contributed by atoms with Crippen molar-refractivity contribution in [3.63, 3.8) is 0 Å². The lowest BCUT2D eigenvalue weighted by Crippen LogP contribution is -2.55. The van der Waals surface area contributed by atoms with Gasteiger partial charge in [0.15, 0.2) is 0 Å². The molecule has 6 nitrogen and oxygen atoms in total. The molecule has 22 heavy (non-hydrogen) atoms. The maximum atomic E-state index is 12.4. The first-order valence-electron chi connectivity index (χ1n) is 8.64. The van der Waals surface area contributed by atoms with Crippen LogP contribution in [0, 0.1) is 0 Å². The highest BCUT2D eigenvalue weighted by molar-refractivity contribution is 5.74. The van der Waals surface area contributed by atoms with Crippen LogP contribution in [-0.4, -0.2) is 62.0 Å². The van der Waals surface area contributed by atoms with E-state index in [1.807, 2.05) is 11.8 Å². The van der Waals surface area contributed by atoms with Crippen molar-refractivity contribution in [3.05, 3.63) is 0 Å². The summed E-state index contributed by atoms with van der Waals surface area (Å²) in [4.78, 5) is 14.2. The van der Waals surface area contributed by atoms with Gasteiger partial charge in [0.25, 0.3) is 0 Å². The van der Waals surface area contributed by atoms with Gasteiger partial charge in [-0.15, -0.1) is 0 Å². The highest BCUT2D eigenvalue weighted by atomic mass is 16.5.